The van der Waals surface area contributed by atoms with E-state index >= 15 is 0 Å². The van der Waals surface area contributed by atoms with E-state index in [2.05, 4.69) is 11.8 Å². The minimum Gasteiger partial charge on any atom is -0.395 e. The molecule has 1 saturated carbocycles. The fourth-order valence-electron chi connectivity index (χ4n) is 3.48. The summed E-state index contributed by atoms with van der Waals surface area (Å²) < 4.78 is 0. The van der Waals surface area contributed by atoms with Crippen molar-refractivity contribution < 1.29 is 9.90 Å². The number of piperazine rings is 1. The van der Waals surface area contributed by atoms with Gasteiger partial charge in [-0.3, -0.25) is 9.69 Å². The zero-order chi connectivity index (χ0) is 13.7. The zero-order valence-corrected chi connectivity index (χ0v) is 12.2. The first-order valence-electron chi connectivity index (χ1n) is 7.80. The topological polar surface area (TPSA) is 43.8 Å². The molecule has 0 aromatic carbocycles. The van der Waals surface area contributed by atoms with Crippen molar-refractivity contribution in [2.45, 2.75) is 39.0 Å². The molecule has 0 spiro atoms. The molecule has 2 rings (SSSR count). The average Bonchev–Trinajstić information content (AvgIpc) is 2.40. The lowest BCUT2D eigenvalue weighted by Gasteiger charge is -2.35. The normalized spacial score (nSPS) is 29.5. The Labute approximate surface area is 116 Å². The van der Waals surface area contributed by atoms with Crippen LogP contribution in [0, 0.1) is 11.8 Å². The van der Waals surface area contributed by atoms with Gasteiger partial charge in [0.1, 0.15) is 0 Å². The van der Waals surface area contributed by atoms with Crippen LogP contribution in [0.3, 0.4) is 0 Å². The Bertz CT molecular complexity index is 288. The third-order valence-electron chi connectivity index (χ3n) is 4.65. The van der Waals surface area contributed by atoms with Crippen LogP contribution >= 0.6 is 0 Å². The van der Waals surface area contributed by atoms with Crippen LogP contribution in [0.15, 0.2) is 0 Å². The van der Waals surface area contributed by atoms with E-state index in [9.17, 15) is 4.79 Å². The van der Waals surface area contributed by atoms with Gasteiger partial charge in [-0.2, -0.15) is 0 Å². The van der Waals surface area contributed by atoms with E-state index in [0.29, 0.717) is 11.8 Å². The minimum atomic E-state index is 0.216. The quantitative estimate of drug-likeness (QED) is 0.837. The van der Waals surface area contributed by atoms with Crippen LogP contribution in [0.1, 0.15) is 39.0 Å². The molecule has 2 atom stereocenters. The van der Waals surface area contributed by atoms with Crippen molar-refractivity contribution in [2.24, 2.45) is 11.8 Å². The summed E-state index contributed by atoms with van der Waals surface area (Å²) >= 11 is 0. The molecule has 1 amide bonds. The molecule has 1 aliphatic carbocycles. The molecular weight excluding hydrogens is 240 g/mol. The zero-order valence-electron chi connectivity index (χ0n) is 12.2. The van der Waals surface area contributed by atoms with Gasteiger partial charge in [-0.1, -0.05) is 19.8 Å². The first kappa shape index (κ1) is 14.8. The van der Waals surface area contributed by atoms with Crippen molar-refractivity contribution in [1.29, 1.82) is 0 Å². The predicted octanol–water partition coefficient (Wildman–Crippen LogP) is 1.34. The number of amides is 1. The summed E-state index contributed by atoms with van der Waals surface area (Å²) in [5, 5.41) is 8.91. The van der Waals surface area contributed by atoms with Crippen molar-refractivity contribution in [3.05, 3.63) is 0 Å². The number of aliphatic hydroxyl groups is 1. The summed E-state index contributed by atoms with van der Waals surface area (Å²) in [5.41, 5.74) is 0. The number of nitrogens with zero attached hydrogens (tertiary/aromatic N) is 2. The van der Waals surface area contributed by atoms with Crippen LogP contribution in [-0.4, -0.2) is 60.1 Å². The van der Waals surface area contributed by atoms with E-state index in [1.54, 1.807) is 0 Å². The lowest BCUT2D eigenvalue weighted by Crippen LogP contribution is -2.49. The largest absolute Gasteiger partial charge is 0.395 e. The molecule has 4 nitrogen and oxygen atoms in total. The third-order valence-corrected chi connectivity index (χ3v) is 4.65. The molecule has 19 heavy (non-hydrogen) atoms. The van der Waals surface area contributed by atoms with Crippen molar-refractivity contribution in [3.8, 4) is 0 Å². The number of rotatable bonds is 4. The van der Waals surface area contributed by atoms with Gasteiger partial charge in [0.05, 0.1) is 6.61 Å². The minimum absolute atomic E-state index is 0.216. The maximum absolute atomic E-state index is 12.3. The molecule has 0 radical (unpaired) electrons. The van der Waals surface area contributed by atoms with Crippen LogP contribution < -0.4 is 0 Å². The fraction of sp³-hybridized carbons (Fsp3) is 0.933. The SMILES string of the molecule is C[C@@H]1CCC[C@@H](CC(=O)N2CCN(CCO)CC2)C1. The highest BCUT2D eigenvalue weighted by atomic mass is 16.3. The van der Waals surface area contributed by atoms with Gasteiger partial charge < -0.3 is 10.0 Å². The molecule has 1 N–H and O–H groups in total. The summed E-state index contributed by atoms with van der Waals surface area (Å²) in [7, 11) is 0. The smallest absolute Gasteiger partial charge is 0.222 e. The highest BCUT2D eigenvalue weighted by molar-refractivity contribution is 5.76. The Balaban J connectivity index is 1.72. The molecule has 0 aromatic rings. The van der Waals surface area contributed by atoms with E-state index in [4.69, 9.17) is 5.11 Å². The van der Waals surface area contributed by atoms with E-state index < -0.39 is 0 Å². The van der Waals surface area contributed by atoms with Gasteiger partial charge in [-0.25, -0.2) is 0 Å². The monoisotopic (exact) mass is 268 g/mol. The predicted molar refractivity (Wildman–Crippen MR) is 75.8 cm³/mol. The maximum Gasteiger partial charge on any atom is 0.222 e. The van der Waals surface area contributed by atoms with Crippen LogP contribution in [0.25, 0.3) is 0 Å². The molecule has 1 heterocycles. The van der Waals surface area contributed by atoms with Gasteiger partial charge in [0.2, 0.25) is 5.91 Å². The van der Waals surface area contributed by atoms with Crippen molar-refractivity contribution in [1.82, 2.24) is 9.80 Å². The molecule has 0 unspecified atom stereocenters. The Morgan fingerprint density at radius 3 is 2.58 bits per heavy atom. The third kappa shape index (κ3) is 4.46. The molecule has 2 aliphatic rings. The summed E-state index contributed by atoms with van der Waals surface area (Å²) in [5.74, 6) is 1.77. The molecule has 0 aromatic heterocycles. The second-order valence-electron chi connectivity index (χ2n) is 6.29. The highest BCUT2D eigenvalue weighted by Gasteiger charge is 2.25. The summed E-state index contributed by atoms with van der Waals surface area (Å²) in [4.78, 5) is 16.5. The van der Waals surface area contributed by atoms with E-state index in [1.165, 1.54) is 25.7 Å². The number of β-amino-alcohol motifs (C(OH)–C–C–N with tert-alkyl or cyclic N) is 1. The summed E-state index contributed by atoms with van der Waals surface area (Å²) in [6, 6.07) is 0. The molecule has 1 aliphatic heterocycles. The Morgan fingerprint density at radius 2 is 1.95 bits per heavy atom. The second-order valence-corrected chi connectivity index (χ2v) is 6.29. The Morgan fingerprint density at radius 1 is 1.21 bits per heavy atom. The summed E-state index contributed by atoms with van der Waals surface area (Å²) in [6.45, 7) is 6.75. The number of carbonyl (C=O) groups is 1. The van der Waals surface area contributed by atoms with Crippen LogP contribution in [0.5, 0.6) is 0 Å². The van der Waals surface area contributed by atoms with Gasteiger partial charge in [0.25, 0.3) is 0 Å². The second kappa shape index (κ2) is 7.25. The van der Waals surface area contributed by atoms with E-state index in [-0.39, 0.29) is 6.61 Å². The maximum atomic E-state index is 12.3. The average molecular weight is 268 g/mol. The first-order chi connectivity index (χ1) is 9.19. The van der Waals surface area contributed by atoms with Crippen LogP contribution in [-0.2, 0) is 4.79 Å². The first-order valence-corrected chi connectivity index (χ1v) is 7.80. The number of hydrogen-bond acceptors (Lipinski definition) is 3. The molecular formula is C15H28N2O2. The van der Waals surface area contributed by atoms with E-state index in [1.807, 2.05) is 4.90 Å². The van der Waals surface area contributed by atoms with Crippen LogP contribution in [0.4, 0.5) is 0 Å². The molecule has 0 bridgehead atoms. The van der Waals surface area contributed by atoms with Gasteiger partial charge in [-0.05, 0) is 24.7 Å². The molecule has 4 heteroatoms. The van der Waals surface area contributed by atoms with Gasteiger partial charge in [0.15, 0.2) is 0 Å². The van der Waals surface area contributed by atoms with Gasteiger partial charge >= 0.3 is 0 Å². The molecule has 110 valence electrons. The molecule has 2 fully saturated rings. The van der Waals surface area contributed by atoms with Crippen molar-refractivity contribution >= 4 is 5.91 Å². The van der Waals surface area contributed by atoms with Crippen molar-refractivity contribution in [2.75, 3.05) is 39.3 Å². The number of hydrogen-bond donors (Lipinski definition) is 1. The van der Waals surface area contributed by atoms with E-state index in [0.717, 1.165) is 45.1 Å². The van der Waals surface area contributed by atoms with Gasteiger partial charge in [-0.15, -0.1) is 0 Å². The lowest BCUT2D eigenvalue weighted by atomic mass is 9.80. The Kier molecular flexibility index (Phi) is 5.64. The molecule has 1 saturated heterocycles. The standard InChI is InChI=1S/C15H28N2O2/c1-13-3-2-4-14(11-13)12-15(19)17-7-5-16(6-8-17)9-10-18/h13-14,18H,2-12H2,1H3/t13-,14-/m1/s1. The number of aliphatic hydroxyl groups excluding tert-OH is 1. The number of carbonyl (C=O) groups excluding carboxylic acids is 1. The summed E-state index contributed by atoms with van der Waals surface area (Å²) in [6.07, 6.45) is 5.86. The van der Waals surface area contributed by atoms with Gasteiger partial charge in [0, 0.05) is 39.1 Å². The lowest BCUT2D eigenvalue weighted by molar-refractivity contribution is -0.134. The van der Waals surface area contributed by atoms with Crippen molar-refractivity contribution in [3.63, 3.8) is 0 Å². The fourth-order valence-corrected chi connectivity index (χ4v) is 3.48. The van der Waals surface area contributed by atoms with Crippen LogP contribution in [0.2, 0.25) is 0 Å². The Hall–Kier alpha value is -0.610. The highest BCUT2D eigenvalue weighted by Crippen LogP contribution is 2.31.